The molecule has 0 saturated heterocycles. The normalized spacial score (nSPS) is 10.7. The fourth-order valence-corrected chi connectivity index (χ4v) is 3.09. The molecule has 2 aromatic carbocycles. The Labute approximate surface area is 173 Å². The van der Waals surface area contributed by atoms with E-state index in [2.05, 4.69) is 20.6 Å². The summed E-state index contributed by atoms with van der Waals surface area (Å²) in [5.74, 6) is 0.365. The summed E-state index contributed by atoms with van der Waals surface area (Å²) in [6.07, 6.45) is 3.69. The second-order valence-electron chi connectivity index (χ2n) is 6.60. The van der Waals surface area contributed by atoms with Gasteiger partial charge in [-0.2, -0.15) is 0 Å². The molecular formula is C22H18N4O2S. The second-order valence-corrected chi connectivity index (χ2v) is 7.01. The Bertz CT molecular complexity index is 1170. The van der Waals surface area contributed by atoms with Crippen molar-refractivity contribution in [1.29, 1.82) is 0 Å². The van der Waals surface area contributed by atoms with Gasteiger partial charge in [-0.05, 0) is 66.7 Å². The second kappa shape index (κ2) is 8.20. The fraction of sp³-hybridized carbons (Fsp3) is 0.0909. The van der Waals surface area contributed by atoms with Crippen molar-refractivity contribution in [3.05, 3.63) is 89.6 Å². The lowest BCUT2D eigenvalue weighted by molar-refractivity contribution is 0.0977. The minimum atomic E-state index is -0.307. The summed E-state index contributed by atoms with van der Waals surface area (Å²) >= 11 is 5.21. The minimum Gasteiger partial charge on any atom is -0.440 e. The maximum Gasteiger partial charge on any atom is 0.258 e. The molecule has 0 bridgehead atoms. The molecule has 4 rings (SSSR count). The van der Waals surface area contributed by atoms with Crippen LogP contribution in [0, 0.1) is 6.92 Å². The van der Waals surface area contributed by atoms with E-state index in [1.165, 1.54) is 6.20 Å². The van der Waals surface area contributed by atoms with Crippen LogP contribution in [-0.4, -0.2) is 21.0 Å². The molecule has 144 valence electrons. The summed E-state index contributed by atoms with van der Waals surface area (Å²) in [5, 5.41) is 5.86. The van der Waals surface area contributed by atoms with Gasteiger partial charge >= 0.3 is 0 Å². The zero-order valence-corrected chi connectivity index (χ0v) is 16.5. The summed E-state index contributed by atoms with van der Waals surface area (Å²) in [6.45, 7) is 2.03. The van der Waals surface area contributed by atoms with E-state index in [0.29, 0.717) is 17.9 Å². The van der Waals surface area contributed by atoms with Crippen molar-refractivity contribution in [2.75, 3.05) is 5.32 Å². The average Bonchev–Trinajstić information content (AvgIpc) is 3.11. The molecule has 0 aliphatic rings. The summed E-state index contributed by atoms with van der Waals surface area (Å²) < 4.78 is 5.81. The first-order chi connectivity index (χ1) is 14.1. The zero-order valence-electron chi connectivity index (χ0n) is 15.7. The molecule has 6 nitrogen and oxygen atoms in total. The molecular weight excluding hydrogens is 384 g/mol. The molecule has 2 aromatic heterocycles. The van der Waals surface area contributed by atoms with E-state index in [9.17, 15) is 4.79 Å². The van der Waals surface area contributed by atoms with Gasteiger partial charge in [-0.1, -0.05) is 18.2 Å². The quantitative estimate of drug-likeness (QED) is 0.497. The summed E-state index contributed by atoms with van der Waals surface area (Å²) in [6, 6.07) is 17.0. The highest BCUT2D eigenvalue weighted by molar-refractivity contribution is 7.80. The van der Waals surface area contributed by atoms with Crippen LogP contribution in [0.5, 0.6) is 0 Å². The topological polar surface area (TPSA) is 80.0 Å². The van der Waals surface area contributed by atoms with Gasteiger partial charge in [0.05, 0.1) is 5.56 Å². The third-order valence-corrected chi connectivity index (χ3v) is 4.51. The lowest BCUT2D eigenvalue weighted by Crippen LogP contribution is -2.34. The van der Waals surface area contributed by atoms with Gasteiger partial charge in [0.25, 0.3) is 5.91 Å². The monoisotopic (exact) mass is 402 g/mol. The number of rotatable bonds is 4. The van der Waals surface area contributed by atoms with Gasteiger partial charge in [-0.3, -0.25) is 15.1 Å². The van der Waals surface area contributed by atoms with Crippen LogP contribution in [0.2, 0.25) is 0 Å². The average molecular weight is 402 g/mol. The van der Waals surface area contributed by atoms with Gasteiger partial charge in [0.15, 0.2) is 16.6 Å². The van der Waals surface area contributed by atoms with Gasteiger partial charge in [-0.15, -0.1) is 0 Å². The molecule has 0 radical (unpaired) electrons. The number of aryl methyl sites for hydroxylation is 1. The Hall–Kier alpha value is -3.58. The number of amides is 1. The Morgan fingerprint density at radius 3 is 2.72 bits per heavy atom. The van der Waals surface area contributed by atoms with E-state index < -0.39 is 0 Å². The molecule has 0 unspecified atom stereocenters. The number of hydrogen-bond acceptors (Lipinski definition) is 5. The van der Waals surface area contributed by atoms with Crippen molar-refractivity contribution in [2.24, 2.45) is 0 Å². The highest BCUT2D eigenvalue weighted by atomic mass is 32.1. The highest BCUT2D eigenvalue weighted by Gasteiger charge is 2.09. The third kappa shape index (κ3) is 4.64. The zero-order chi connectivity index (χ0) is 20.2. The molecule has 2 heterocycles. The Morgan fingerprint density at radius 2 is 1.97 bits per heavy atom. The maximum atomic E-state index is 12.1. The van der Waals surface area contributed by atoms with Crippen LogP contribution in [0.4, 0.5) is 5.69 Å². The maximum absolute atomic E-state index is 12.1. The molecule has 0 spiro atoms. The van der Waals surface area contributed by atoms with Crippen molar-refractivity contribution in [2.45, 2.75) is 13.3 Å². The number of carbonyl (C=O) groups excluding carboxylic acids is 1. The smallest absolute Gasteiger partial charge is 0.258 e. The predicted molar refractivity (Wildman–Crippen MR) is 116 cm³/mol. The standard InChI is InChI=1S/C22H18N4O2S/c1-14-4-9-19-18(11-14)25-20(28-19)12-15-5-7-17(8-6-15)24-22(29)26-21(27)16-3-2-10-23-13-16/h2-11,13H,12H2,1H3,(H2,24,26,27,29). The number of nitrogens with zero attached hydrogens (tertiary/aromatic N) is 2. The van der Waals surface area contributed by atoms with Gasteiger partial charge in [-0.25, -0.2) is 4.98 Å². The number of thiocarbonyl (C=S) groups is 1. The van der Waals surface area contributed by atoms with Crippen molar-refractivity contribution in [1.82, 2.24) is 15.3 Å². The number of hydrogen-bond donors (Lipinski definition) is 2. The minimum absolute atomic E-state index is 0.223. The lowest BCUT2D eigenvalue weighted by atomic mass is 10.1. The van der Waals surface area contributed by atoms with Gasteiger partial charge in [0.1, 0.15) is 5.52 Å². The first-order valence-corrected chi connectivity index (χ1v) is 9.45. The molecule has 0 aliphatic heterocycles. The Morgan fingerprint density at radius 1 is 1.14 bits per heavy atom. The van der Waals surface area contributed by atoms with E-state index in [1.54, 1.807) is 18.3 Å². The molecule has 0 aliphatic carbocycles. The van der Waals surface area contributed by atoms with Crippen molar-refractivity contribution in [3.8, 4) is 0 Å². The molecule has 0 saturated carbocycles. The number of pyridine rings is 1. The van der Waals surface area contributed by atoms with Crippen LogP contribution in [-0.2, 0) is 6.42 Å². The molecule has 0 fully saturated rings. The van der Waals surface area contributed by atoms with Crippen LogP contribution < -0.4 is 10.6 Å². The van der Waals surface area contributed by atoms with Gasteiger partial charge < -0.3 is 9.73 Å². The summed E-state index contributed by atoms with van der Waals surface area (Å²) in [4.78, 5) is 20.6. The first kappa shape index (κ1) is 18.8. The SMILES string of the molecule is Cc1ccc2oc(Cc3ccc(NC(=S)NC(=O)c4cccnc4)cc3)nc2c1. The van der Waals surface area contributed by atoms with Crippen LogP contribution in [0.15, 0.2) is 71.4 Å². The fourth-order valence-electron chi connectivity index (χ4n) is 2.88. The van der Waals surface area contributed by atoms with E-state index in [-0.39, 0.29) is 11.0 Å². The predicted octanol–water partition coefficient (Wildman–Crippen LogP) is 4.25. The van der Waals surface area contributed by atoms with E-state index in [1.807, 2.05) is 49.4 Å². The van der Waals surface area contributed by atoms with Gasteiger partial charge in [0.2, 0.25) is 0 Å². The number of oxazole rings is 1. The lowest BCUT2D eigenvalue weighted by Gasteiger charge is -2.10. The molecule has 4 aromatic rings. The third-order valence-electron chi connectivity index (χ3n) is 4.31. The largest absolute Gasteiger partial charge is 0.440 e. The highest BCUT2D eigenvalue weighted by Crippen LogP contribution is 2.20. The number of nitrogens with one attached hydrogen (secondary N) is 2. The first-order valence-electron chi connectivity index (χ1n) is 9.04. The van der Waals surface area contributed by atoms with Crippen molar-refractivity contribution in [3.63, 3.8) is 0 Å². The number of fused-ring (bicyclic) bond motifs is 1. The van der Waals surface area contributed by atoms with Crippen LogP contribution in [0.1, 0.15) is 27.4 Å². The van der Waals surface area contributed by atoms with Crippen molar-refractivity contribution < 1.29 is 9.21 Å². The van der Waals surface area contributed by atoms with Crippen LogP contribution in [0.25, 0.3) is 11.1 Å². The Balaban J connectivity index is 1.37. The number of aromatic nitrogens is 2. The number of benzene rings is 2. The van der Waals surface area contributed by atoms with Gasteiger partial charge in [0, 0.05) is 24.5 Å². The molecule has 7 heteroatoms. The summed E-state index contributed by atoms with van der Waals surface area (Å²) in [7, 11) is 0. The van der Waals surface area contributed by atoms with E-state index in [0.717, 1.165) is 27.9 Å². The Kier molecular flexibility index (Phi) is 5.31. The van der Waals surface area contributed by atoms with Crippen LogP contribution in [0.3, 0.4) is 0 Å². The number of carbonyl (C=O) groups is 1. The van der Waals surface area contributed by atoms with Crippen LogP contribution >= 0.6 is 12.2 Å². The molecule has 1 amide bonds. The number of anilines is 1. The van der Waals surface area contributed by atoms with E-state index in [4.69, 9.17) is 16.6 Å². The molecule has 2 N–H and O–H groups in total. The summed E-state index contributed by atoms with van der Waals surface area (Å²) in [5.41, 5.74) is 5.09. The van der Waals surface area contributed by atoms with E-state index >= 15 is 0 Å². The molecule has 0 atom stereocenters. The molecule has 29 heavy (non-hydrogen) atoms. The van der Waals surface area contributed by atoms with Crippen molar-refractivity contribution >= 4 is 40.0 Å².